The fourth-order valence-electron chi connectivity index (χ4n) is 2.66. The smallest absolute Gasteiger partial charge is 0.252 e. The van der Waals surface area contributed by atoms with E-state index in [9.17, 15) is 14.3 Å². The topological polar surface area (TPSA) is 100 Å². The first-order chi connectivity index (χ1) is 10.2. The number of halogens is 1. The zero-order valence-electron chi connectivity index (χ0n) is 12.9. The number of primary amides is 1. The summed E-state index contributed by atoms with van der Waals surface area (Å²) >= 11 is 0. The number of alkyl halides is 1. The summed E-state index contributed by atoms with van der Waals surface area (Å²) in [5.74, 6) is -1.91. The Morgan fingerprint density at radius 2 is 2.23 bits per heavy atom. The molecular formula is C15H23FN4O2. The molecule has 0 saturated heterocycles. The van der Waals surface area contributed by atoms with Crippen molar-refractivity contribution in [3.8, 4) is 0 Å². The van der Waals surface area contributed by atoms with Gasteiger partial charge in [-0.25, -0.2) is 9.37 Å². The summed E-state index contributed by atoms with van der Waals surface area (Å²) in [4.78, 5) is 15.5. The zero-order chi connectivity index (χ0) is 16.3. The molecule has 2 rings (SSSR count). The summed E-state index contributed by atoms with van der Waals surface area (Å²) < 4.78 is 13.7. The number of nitrogens with zero attached hydrogens (tertiary/aromatic N) is 1. The standard InChI is InChI=1S/C15H23FN4O2/c1-15(2,16)20-13-7-12(11(8-18-13)14(17)22)19-9-4-3-5-10(21)6-9/h7-10,21H,3-6H2,1-2H3,(H2,17,22)(H2,18,19,20). The molecule has 2 unspecified atom stereocenters. The van der Waals surface area contributed by atoms with Crippen molar-refractivity contribution in [3.05, 3.63) is 17.8 Å². The molecule has 7 heteroatoms. The first-order valence-electron chi connectivity index (χ1n) is 7.46. The molecule has 0 spiro atoms. The molecule has 1 aromatic heterocycles. The van der Waals surface area contributed by atoms with Crippen molar-refractivity contribution >= 4 is 17.4 Å². The van der Waals surface area contributed by atoms with Crippen molar-refractivity contribution in [3.63, 3.8) is 0 Å². The molecule has 0 aliphatic heterocycles. The maximum atomic E-state index is 13.7. The Hall–Kier alpha value is -1.89. The minimum atomic E-state index is -1.63. The van der Waals surface area contributed by atoms with E-state index >= 15 is 0 Å². The largest absolute Gasteiger partial charge is 0.393 e. The third kappa shape index (κ3) is 4.56. The van der Waals surface area contributed by atoms with Gasteiger partial charge in [-0.05, 0) is 39.5 Å². The van der Waals surface area contributed by atoms with E-state index in [1.54, 1.807) is 6.07 Å². The van der Waals surface area contributed by atoms with E-state index in [4.69, 9.17) is 5.73 Å². The second-order valence-electron chi connectivity index (χ2n) is 6.24. The normalized spacial score (nSPS) is 22.2. The molecule has 0 aromatic carbocycles. The Kier molecular flexibility index (Phi) is 4.85. The van der Waals surface area contributed by atoms with E-state index in [0.29, 0.717) is 17.9 Å². The summed E-state index contributed by atoms with van der Waals surface area (Å²) in [5, 5.41) is 15.6. The predicted molar refractivity (Wildman–Crippen MR) is 83.5 cm³/mol. The van der Waals surface area contributed by atoms with Crippen LogP contribution in [0, 0.1) is 0 Å². The van der Waals surface area contributed by atoms with Crippen LogP contribution in [-0.4, -0.2) is 33.9 Å². The van der Waals surface area contributed by atoms with Gasteiger partial charge in [0.05, 0.1) is 17.4 Å². The third-order valence-electron chi connectivity index (χ3n) is 3.60. The number of hydrogen-bond donors (Lipinski definition) is 4. The molecule has 1 fully saturated rings. The lowest BCUT2D eigenvalue weighted by molar-refractivity contribution is 0.100. The lowest BCUT2D eigenvalue weighted by Gasteiger charge is -2.28. The van der Waals surface area contributed by atoms with Gasteiger partial charge in [0.25, 0.3) is 5.91 Å². The van der Waals surface area contributed by atoms with Crippen molar-refractivity contribution in [2.45, 2.75) is 57.5 Å². The lowest BCUT2D eigenvalue weighted by atomic mass is 9.92. The van der Waals surface area contributed by atoms with Crippen LogP contribution in [-0.2, 0) is 0 Å². The van der Waals surface area contributed by atoms with Gasteiger partial charge in [-0.2, -0.15) is 0 Å². The van der Waals surface area contributed by atoms with E-state index in [-0.39, 0.29) is 17.7 Å². The van der Waals surface area contributed by atoms with Crippen LogP contribution in [0.15, 0.2) is 12.3 Å². The van der Waals surface area contributed by atoms with Gasteiger partial charge in [0.2, 0.25) is 0 Å². The number of carbonyl (C=O) groups excluding carboxylic acids is 1. The molecule has 122 valence electrons. The van der Waals surface area contributed by atoms with E-state index in [2.05, 4.69) is 15.6 Å². The second-order valence-corrected chi connectivity index (χ2v) is 6.24. The summed E-state index contributed by atoms with van der Waals surface area (Å²) in [5.41, 5.74) is 6.12. The highest BCUT2D eigenvalue weighted by atomic mass is 19.1. The second kappa shape index (κ2) is 6.48. The number of nitrogens with one attached hydrogen (secondary N) is 2. The van der Waals surface area contributed by atoms with E-state index in [1.807, 2.05) is 0 Å². The molecular weight excluding hydrogens is 287 g/mol. The Morgan fingerprint density at radius 1 is 1.50 bits per heavy atom. The molecule has 2 atom stereocenters. The van der Waals surface area contributed by atoms with Gasteiger partial charge in [0.1, 0.15) is 5.82 Å². The summed E-state index contributed by atoms with van der Waals surface area (Å²) in [7, 11) is 0. The fraction of sp³-hybridized carbons (Fsp3) is 0.600. The predicted octanol–water partition coefficient (Wildman–Crippen LogP) is 2.01. The van der Waals surface area contributed by atoms with E-state index in [0.717, 1.165) is 19.3 Å². The Morgan fingerprint density at radius 3 is 2.82 bits per heavy atom. The number of aliphatic hydroxyl groups excluding tert-OH is 1. The van der Waals surface area contributed by atoms with Crippen molar-refractivity contribution in [2.24, 2.45) is 5.73 Å². The number of anilines is 2. The number of aromatic nitrogens is 1. The highest BCUT2D eigenvalue weighted by Crippen LogP contribution is 2.26. The van der Waals surface area contributed by atoms with E-state index in [1.165, 1.54) is 20.0 Å². The van der Waals surface area contributed by atoms with Crippen LogP contribution in [0.25, 0.3) is 0 Å². The average Bonchev–Trinajstić information content (AvgIpc) is 2.36. The van der Waals surface area contributed by atoms with Crippen molar-refractivity contribution in [2.75, 3.05) is 10.6 Å². The molecule has 22 heavy (non-hydrogen) atoms. The molecule has 0 bridgehead atoms. The van der Waals surface area contributed by atoms with Crippen LogP contribution >= 0.6 is 0 Å². The van der Waals surface area contributed by atoms with Gasteiger partial charge in [-0.1, -0.05) is 0 Å². The summed E-state index contributed by atoms with van der Waals surface area (Å²) in [6.07, 6.45) is 4.20. The Balaban J connectivity index is 2.21. The zero-order valence-corrected chi connectivity index (χ0v) is 12.9. The number of rotatable bonds is 5. The van der Waals surface area contributed by atoms with Crippen LogP contribution in [0.4, 0.5) is 15.9 Å². The van der Waals surface area contributed by atoms with E-state index < -0.39 is 11.7 Å². The van der Waals surface area contributed by atoms with Gasteiger partial charge in [0, 0.05) is 18.3 Å². The molecule has 5 N–H and O–H groups in total. The van der Waals surface area contributed by atoms with Crippen molar-refractivity contribution in [1.29, 1.82) is 0 Å². The maximum Gasteiger partial charge on any atom is 0.252 e. The van der Waals surface area contributed by atoms with Gasteiger partial charge in [-0.3, -0.25) is 4.79 Å². The van der Waals surface area contributed by atoms with Crippen molar-refractivity contribution < 1.29 is 14.3 Å². The van der Waals surface area contributed by atoms with Gasteiger partial charge >= 0.3 is 0 Å². The van der Waals surface area contributed by atoms with Gasteiger partial charge in [-0.15, -0.1) is 0 Å². The van der Waals surface area contributed by atoms with Crippen LogP contribution in [0.1, 0.15) is 49.9 Å². The first kappa shape index (κ1) is 16.5. The molecule has 1 amide bonds. The molecule has 1 aliphatic rings. The summed E-state index contributed by atoms with van der Waals surface area (Å²) in [6.45, 7) is 2.75. The molecule has 1 aromatic rings. The Labute approximate surface area is 129 Å². The molecule has 1 heterocycles. The SMILES string of the molecule is CC(C)(F)Nc1cc(NC2CCCC(O)C2)c(C(N)=O)cn1. The van der Waals surface area contributed by atoms with Crippen LogP contribution in [0.2, 0.25) is 0 Å². The number of carbonyl (C=O) groups is 1. The molecule has 6 nitrogen and oxygen atoms in total. The molecule has 1 saturated carbocycles. The highest BCUT2D eigenvalue weighted by Gasteiger charge is 2.22. The number of nitrogens with two attached hydrogens (primary N) is 1. The quantitative estimate of drug-likeness (QED) is 0.623. The molecule has 1 aliphatic carbocycles. The summed E-state index contributed by atoms with van der Waals surface area (Å²) in [6, 6.07) is 1.62. The lowest BCUT2D eigenvalue weighted by Crippen LogP contribution is -2.31. The maximum absolute atomic E-state index is 13.7. The number of hydrogen-bond acceptors (Lipinski definition) is 5. The van der Waals surface area contributed by atoms with Gasteiger partial charge < -0.3 is 21.5 Å². The van der Waals surface area contributed by atoms with Crippen LogP contribution in [0.5, 0.6) is 0 Å². The van der Waals surface area contributed by atoms with Gasteiger partial charge in [0.15, 0.2) is 5.79 Å². The fourth-order valence-corrected chi connectivity index (χ4v) is 2.66. The number of pyridine rings is 1. The average molecular weight is 310 g/mol. The molecule has 0 radical (unpaired) electrons. The van der Waals surface area contributed by atoms with Crippen LogP contribution in [0.3, 0.4) is 0 Å². The highest BCUT2D eigenvalue weighted by molar-refractivity contribution is 5.98. The minimum Gasteiger partial charge on any atom is -0.393 e. The first-order valence-corrected chi connectivity index (χ1v) is 7.46. The number of aliphatic hydroxyl groups is 1. The Bertz CT molecular complexity index is 545. The number of amides is 1. The monoisotopic (exact) mass is 310 g/mol. The minimum absolute atomic E-state index is 0.0514. The van der Waals surface area contributed by atoms with Crippen LogP contribution < -0.4 is 16.4 Å². The third-order valence-corrected chi connectivity index (χ3v) is 3.60. The van der Waals surface area contributed by atoms with Crippen molar-refractivity contribution in [1.82, 2.24) is 4.98 Å².